The molecule has 0 unspecified atom stereocenters. The second-order valence-electron chi connectivity index (χ2n) is 4.39. The van der Waals surface area contributed by atoms with Gasteiger partial charge in [-0.05, 0) is 12.0 Å². The Kier molecular flexibility index (Phi) is 4.59. The Balaban J connectivity index is 3.10. The summed E-state index contributed by atoms with van der Waals surface area (Å²) in [5.74, 6) is 0. The SMILES string of the molecule is CCc1cccc([Si](CC)(CC)CC)c1. The zero-order valence-corrected chi connectivity index (χ0v) is 11.6. The van der Waals surface area contributed by atoms with Crippen LogP contribution in [-0.2, 0) is 6.42 Å². The van der Waals surface area contributed by atoms with Gasteiger partial charge in [-0.1, -0.05) is 75.3 Å². The normalized spacial score (nSPS) is 11.7. The molecule has 0 aromatic heterocycles. The summed E-state index contributed by atoms with van der Waals surface area (Å²) < 4.78 is 0. The smallest absolute Gasteiger partial charge is 0.0675 e. The molecule has 0 aliphatic carbocycles. The molecule has 0 N–H and O–H groups in total. The summed E-state index contributed by atoms with van der Waals surface area (Å²) in [6, 6.07) is 13.5. The van der Waals surface area contributed by atoms with Crippen LogP contribution in [-0.4, -0.2) is 8.07 Å². The minimum absolute atomic E-state index is 1.14. The third-order valence-corrected chi connectivity index (χ3v) is 9.57. The maximum absolute atomic E-state index is 2.46. The summed E-state index contributed by atoms with van der Waals surface area (Å²) in [5.41, 5.74) is 1.50. The number of rotatable bonds is 5. The molecule has 15 heavy (non-hydrogen) atoms. The predicted octanol–water partition coefficient (Wildman–Crippen LogP) is 3.96. The van der Waals surface area contributed by atoms with Crippen molar-refractivity contribution >= 4 is 13.3 Å². The molecule has 0 saturated heterocycles. The molecule has 0 aliphatic rings. The Morgan fingerprint density at radius 3 is 2.00 bits per heavy atom. The van der Waals surface area contributed by atoms with Crippen LogP contribution in [0.1, 0.15) is 33.3 Å². The van der Waals surface area contributed by atoms with Gasteiger partial charge >= 0.3 is 0 Å². The summed E-state index contributed by atoms with van der Waals surface area (Å²) in [7, 11) is -1.14. The standard InChI is InChI=1S/C14H24Si/c1-5-13-10-9-11-14(12-13)15(6-2,7-3)8-4/h9-12H,5-8H2,1-4H3. The fourth-order valence-electron chi connectivity index (χ4n) is 2.48. The van der Waals surface area contributed by atoms with Crippen molar-refractivity contribution in [3.8, 4) is 0 Å². The van der Waals surface area contributed by atoms with Gasteiger partial charge in [0.1, 0.15) is 0 Å². The highest BCUT2D eigenvalue weighted by Crippen LogP contribution is 2.20. The van der Waals surface area contributed by atoms with E-state index in [1.807, 2.05) is 0 Å². The number of aryl methyl sites for hydroxylation is 1. The van der Waals surface area contributed by atoms with Crippen LogP contribution in [0, 0.1) is 0 Å². The van der Waals surface area contributed by atoms with Crippen molar-refractivity contribution in [3.63, 3.8) is 0 Å². The van der Waals surface area contributed by atoms with Crippen molar-refractivity contribution in [3.05, 3.63) is 29.8 Å². The Morgan fingerprint density at radius 1 is 0.933 bits per heavy atom. The molecule has 0 bridgehead atoms. The fourth-order valence-corrected chi connectivity index (χ4v) is 6.15. The van der Waals surface area contributed by atoms with E-state index in [1.54, 1.807) is 5.19 Å². The summed E-state index contributed by atoms with van der Waals surface area (Å²) in [6.07, 6.45) is 1.16. The van der Waals surface area contributed by atoms with E-state index < -0.39 is 8.07 Å². The first-order valence-electron chi connectivity index (χ1n) is 6.31. The van der Waals surface area contributed by atoms with Crippen LogP contribution in [0.15, 0.2) is 24.3 Å². The molecular weight excluding hydrogens is 196 g/mol. The maximum Gasteiger partial charge on any atom is 0.0859 e. The zero-order valence-electron chi connectivity index (χ0n) is 10.6. The summed E-state index contributed by atoms with van der Waals surface area (Å²) in [5, 5.41) is 1.68. The average molecular weight is 220 g/mol. The van der Waals surface area contributed by atoms with Gasteiger partial charge in [-0.2, -0.15) is 0 Å². The van der Waals surface area contributed by atoms with Gasteiger partial charge < -0.3 is 0 Å². The second-order valence-corrected chi connectivity index (χ2v) is 9.65. The third kappa shape index (κ3) is 2.51. The van der Waals surface area contributed by atoms with Crippen LogP contribution < -0.4 is 5.19 Å². The van der Waals surface area contributed by atoms with E-state index in [4.69, 9.17) is 0 Å². The van der Waals surface area contributed by atoms with Gasteiger partial charge in [0.25, 0.3) is 0 Å². The minimum atomic E-state index is -1.14. The van der Waals surface area contributed by atoms with Gasteiger partial charge in [-0.25, -0.2) is 0 Å². The minimum Gasteiger partial charge on any atom is -0.0675 e. The Morgan fingerprint density at radius 2 is 1.53 bits per heavy atom. The Bertz CT molecular complexity index is 292. The lowest BCUT2D eigenvalue weighted by Gasteiger charge is -2.29. The van der Waals surface area contributed by atoms with Crippen LogP contribution in [0.3, 0.4) is 0 Å². The van der Waals surface area contributed by atoms with Crippen molar-refractivity contribution in [2.24, 2.45) is 0 Å². The van der Waals surface area contributed by atoms with Gasteiger partial charge in [0.15, 0.2) is 0 Å². The molecule has 1 heteroatoms. The van der Waals surface area contributed by atoms with Crippen molar-refractivity contribution in [2.45, 2.75) is 52.2 Å². The van der Waals surface area contributed by atoms with Crippen LogP contribution in [0.5, 0.6) is 0 Å². The number of benzene rings is 1. The van der Waals surface area contributed by atoms with E-state index in [2.05, 4.69) is 52.0 Å². The zero-order chi connectivity index (χ0) is 11.3. The first kappa shape index (κ1) is 12.5. The van der Waals surface area contributed by atoms with E-state index >= 15 is 0 Å². The van der Waals surface area contributed by atoms with Crippen LogP contribution >= 0.6 is 0 Å². The van der Waals surface area contributed by atoms with E-state index in [9.17, 15) is 0 Å². The predicted molar refractivity (Wildman–Crippen MR) is 72.7 cm³/mol. The van der Waals surface area contributed by atoms with Crippen molar-refractivity contribution in [1.29, 1.82) is 0 Å². The Labute approximate surface area is 95.7 Å². The quantitative estimate of drug-likeness (QED) is 0.659. The van der Waals surface area contributed by atoms with Gasteiger partial charge in [0.05, 0.1) is 8.07 Å². The molecule has 0 nitrogen and oxygen atoms in total. The van der Waals surface area contributed by atoms with Crippen LogP contribution in [0.2, 0.25) is 18.1 Å². The number of hydrogen-bond donors (Lipinski definition) is 0. The molecule has 0 atom stereocenters. The average Bonchev–Trinajstić information content (AvgIpc) is 2.32. The highest BCUT2D eigenvalue weighted by atomic mass is 28.3. The molecule has 1 aromatic carbocycles. The molecule has 84 valence electrons. The highest BCUT2D eigenvalue weighted by Gasteiger charge is 2.28. The molecule has 0 spiro atoms. The lowest BCUT2D eigenvalue weighted by molar-refractivity contribution is 1.14. The number of hydrogen-bond acceptors (Lipinski definition) is 0. The van der Waals surface area contributed by atoms with Crippen molar-refractivity contribution in [2.75, 3.05) is 0 Å². The van der Waals surface area contributed by atoms with Gasteiger partial charge in [-0.3, -0.25) is 0 Å². The monoisotopic (exact) mass is 220 g/mol. The molecule has 1 aromatic rings. The molecule has 1 rings (SSSR count). The van der Waals surface area contributed by atoms with Crippen molar-refractivity contribution in [1.82, 2.24) is 0 Å². The van der Waals surface area contributed by atoms with E-state index in [0.29, 0.717) is 0 Å². The molecule has 0 fully saturated rings. The first-order chi connectivity index (χ1) is 7.22. The summed E-state index contributed by atoms with van der Waals surface area (Å²) in [6.45, 7) is 9.36. The van der Waals surface area contributed by atoms with Gasteiger partial charge in [0, 0.05) is 0 Å². The maximum atomic E-state index is 2.46. The van der Waals surface area contributed by atoms with E-state index in [1.165, 1.54) is 23.7 Å². The first-order valence-corrected chi connectivity index (χ1v) is 8.94. The van der Waals surface area contributed by atoms with Crippen molar-refractivity contribution < 1.29 is 0 Å². The Hall–Kier alpha value is -0.563. The third-order valence-electron chi connectivity index (χ3n) is 3.98. The fraction of sp³-hybridized carbons (Fsp3) is 0.571. The van der Waals surface area contributed by atoms with Crippen LogP contribution in [0.4, 0.5) is 0 Å². The molecule has 0 amide bonds. The lowest BCUT2D eigenvalue weighted by atomic mass is 10.2. The summed E-state index contributed by atoms with van der Waals surface area (Å²) >= 11 is 0. The van der Waals surface area contributed by atoms with E-state index in [0.717, 1.165) is 6.42 Å². The van der Waals surface area contributed by atoms with Gasteiger partial charge in [0.2, 0.25) is 0 Å². The van der Waals surface area contributed by atoms with E-state index in [-0.39, 0.29) is 0 Å². The van der Waals surface area contributed by atoms with Crippen LogP contribution in [0.25, 0.3) is 0 Å². The second kappa shape index (κ2) is 5.50. The molecular formula is C14H24Si. The molecule has 0 saturated carbocycles. The van der Waals surface area contributed by atoms with Gasteiger partial charge in [-0.15, -0.1) is 0 Å². The highest BCUT2D eigenvalue weighted by molar-refractivity contribution is 6.91. The lowest BCUT2D eigenvalue weighted by Crippen LogP contribution is -2.45. The molecule has 0 radical (unpaired) electrons. The molecule has 0 heterocycles. The molecule has 0 aliphatic heterocycles. The topological polar surface area (TPSA) is 0 Å². The summed E-state index contributed by atoms with van der Waals surface area (Å²) in [4.78, 5) is 0. The largest absolute Gasteiger partial charge is 0.0859 e.